The van der Waals surface area contributed by atoms with Gasteiger partial charge in [-0.15, -0.1) is 0 Å². The molecule has 0 saturated heterocycles. The van der Waals surface area contributed by atoms with Crippen LogP contribution in [0.25, 0.3) is 0 Å². The lowest BCUT2D eigenvalue weighted by atomic mass is 10.3. The van der Waals surface area contributed by atoms with Gasteiger partial charge in [-0.1, -0.05) is 6.08 Å². The number of unbranched alkanes of at least 4 members (excludes halogenated alkanes) is 1. The zero-order chi connectivity index (χ0) is 19.7. The van der Waals surface area contributed by atoms with Crippen LogP contribution in [-0.2, 0) is 31.0 Å². The van der Waals surface area contributed by atoms with Crippen molar-refractivity contribution in [2.75, 3.05) is 46.2 Å². The summed E-state index contributed by atoms with van der Waals surface area (Å²) in [4.78, 5) is 0. The smallest absolute Gasteiger partial charge is 0.371 e. The summed E-state index contributed by atoms with van der Waals surface area (Å²) in [6, 6.07) is 0. The molecule has 0 amide bonds. The Hall–Kier alpha value is -0.106. The molecule has 0 heterocycles. The van der Waals surface area contributed by atoms with E-state index in [9.17, 15) is 0 Å². The summed E-state index contributed by atoms with van der Waals surface area (Å²) >= 11 is 0. The molecule has 0 aliphatic rings. The van der Waals surface area contributed by atoms with Crippen molar-refractivity contribution in [3.63, 3.8) is 0 Å². The number of rotatable bonds is 18. The van der Waals surface area contributed by atoms with Crippen LogP contribution < -0.4 is 0 Å². The van der Waals surface area contributed by atoms with Gasteiger partial charge >= 0.3 is 17.9 Å². The molecule has 0 N–H and O–H groups in total. The van der Waals surface area contributed by atoms with Crippen LogP contribution in [0.15, 0.2) is 11.8 Å². The Labute approximate surface area is 161 Å². The van der Waals surface area contributed by atoms with E-state index in [-0.39, 0.29) is 0 Å². The first-order valence-electron chi connectivity index (χ1n) is 9.72. The SMILES string of the molecule is CCO[Si](/C=C/CCCO[Si](OCC)(OCC)OCC)(OCC)OCC. The lowest BCUT2D eigenvalue weighted by molar-refractivity contribution is -0.0277. The van der Waals surface area contributed by atoms with Crippen LogP contribution in [0.5, 0.6) is 0 Å². The van der Waals surface area contributed by atoms with E-state index >= 15 is 0 Å². The summed E-state index contributed by atoms with van der Waals surface area (Å²) in [7, 11) is -5.74. The van der Waals surface area contributed by atoms with Crippen LogP contribution in [0.4, 0.5) is 0 Å². The predicted molar refractivity (Wildman–Crippen MR) is 106 cm³/mol. The third-order valence-corrected chi connectivity index (χ3v) is 8.32. The summed E-state index contributed by atoms with van der Waals surface area (Å²) in [5, 5.41) is 0. The van der Waals surface area contributed by atoms with Crippen molar-refractivity contribution in [3.05, 3.63) is 11.8 Å². The molecule has 156 valence electrons. The van der Waals surface area contributed by atoms with Crippen molar-refractivity contribution in [1.29, 1.82) is 0 Å². The quantitative estimate of drug-likeness (QED) is 0.253. The molecule has 0 unspecified atom stereocenters. The number of allylic oxidation sites excluding steroid dienone is 1. The molecule has 0 aliphatic carbocycles. The second-order valence-electron chi connectivity index (χ2n) is 5.09. The highest BCUT2D eigenvalue weighted by atomic mass is 28.4. The standard InChI is InChI=1S/C17H38O7Si2/c1-7-18-25(19-8-2,20-9-3)17-15-13-14-16-24-26(21-10-4,22-11-5)23-12-6/h15,17H,7-14,16H2,1-6H3/b17-15+. The van der Waals surface area contributed by atoms with E-state index in [1.54, 1.807) is 0 Å². The van der Waals surface area contributed by atoms with Crippen molar-refractivity contribution >= 4 is 17.9 Å². The normalized spacial score (nSPS) is 13.0. The van der Waals surface area contributed by atoms with Crippen molar-refractivity contribution in [1.82, 2.24) is 0 Å². The first-order chi connectivity index (χ1) is 12.6. The fourth-order valence-corrected chi connectivity index (χ4v) is 6.44. The lowest BCUT2D eigenvalue weighted by Crippen LogP contribution is -2.49. The minimum absolute atomic E-state index is 0.497. The second kappa shape index (κ2) is 15.9. The Bertz CT molecular complexity index is 322. The minimum Gasteiger partial charge on any atom is -0.371 e. The summed E-state index contributed by atoms with van der Waals surface area (Å²) in [6.07, 6.45) is 3.67. The van der Waals surface area contributed by atoms with Gasteiger partial charge in [-0.25, -0.2) is 0 Å². The maximum atomic E-state index is 5.88. The maximum absolute atomic E-state index is 5.88. The molecule has 0 aliphatic heterocycles. The van der Waals surface area contributed by atoms with E-state index in [0.29, 0.717) is 46.2 Å². The number of hydrogen-bond donors (Lipinski definition) is 0. The van der Waals surface area contributed by atoms with Gasteiger partial charge in [-0.3, -0.25) is 0 Å². The molecule has 0 aromatic carbocycles. The van der Waals surface area contributed by atoms with Gasteiger partial charge in [0.25, 0.3) is 0 Å². The minimum atomic E-state index is -3.02. The first kappa shape index (κ1) is 25.9. The lowest BCUT2D eigenvalue weighted by Gasteiger charge is -2.26. The van der Waals surface area contributed by atoms with Crippen LogP contribution in [0.3, 0.4) is 0 Å². The van der Waals surface area contributed by atoms with Crippen LogP contribution in [0, 0.1) is 0 Å². The monoisotopic (exact) mass is 410 g/mol. The van der Waals surface area contributed by atoms with Crippen molar-refractivity contribution in [3.8, 4) is 0 Å². The van der Waals surface area contributed by atoms with Crippen LogP contribution in [0.2, 0.25) is 0 Å². The molecule has 0 rings (SSSR count). The van der Waals surface area contributed by atoms with Gasteiger partial charge in [0.15, 0.2) is 0 Å². The van der Waals surface area contributed by atoms with E-state index in [1.807, 2.05) is 53.3 Å². The van der Waals surface area contributed by atoms with Gasteiger partial charge in [-0.2, -0.15) is 0 Å². The Morgan fingerprint density at radius 2 is 1.00 bits per heavy atom. The number of hydrogen-bond acceptors (Lipinski definition) is 7. The fourth-order valence-electron chi connectivity index (χ4n) is 2.28. The van der Waals surface area contributed by atoms with Crippen LogP contribution >= 0.6 is 0 Å². The topological polar surface area (TPSA) is 64.6 Å². The molecule has 0 spiro atoms. The average molecular weight is 411 g/mol. The summed E-state index contributed by atoms with van der Waals surface area (Å²) in [6.45, 7) is 15.2. The molecule has 26 heavy (non-hydrogen) atoms. The third kappa shape index (κ3) is 10.3. The highest BCUT2D eigenvalue weighted by Gasteiger charge is 2.44. The molecule has 0 aromatic rings. The molecule has 0 saturated carbocycles. The summed E-state index contributed by atoms with van der Waals surface area (Å²) in [5.41, 5.74) is 1.96. The van der Waals surface area contributed by atoms with E-state index in [2.05, 4.69) is 0 Å². The molecular weight excluding hydrogens is 372 g/mol. The van der Waals surface area contributed by atoms with Crippen molar-refractivity contribution < 1.29 is 31.0 Å². The predicted octanol–water partition coefficient (Wildman–Crippen LogP) is 3.47. The third-order valence-electron chi connectivity index (χ3n) is 3.12. The summed E-state index contributed by atoms with van der Waals surface area (Å²) < 4.78 is 40.3. The van der Waals surface area contributed by atoms with Crippen LogP contribution in [-0.4, -0.2) is 64.1 Å². The van der Waals surface area contributed by atoms with Gasteiger partial charge in [0.05, 0.1) is 0 Å². The molecule has 7 nitrogen and oxygen atoms in total. The first-order valence-corrected chi connectivity index (χ1v) is 13.2. The maximum Gasteiger partial charge on any atom is 0.679 e. The molecule has 0 atom stereocenters. The van der Waals surface area contributed by atoms with Gasteiger partial charge in [0.1, 0.15) is 0 Å². The van der Waals surface area contributed by atoms with Gasteiger partial charge in [-0.05, 0) is 60.1 Å². The Balaban J connectivity index is 4.56. The van der Waals surface area contributed by atoms with Crippen molar-refractivity contribution in [2.45, 2.75) is 54.4 Å². The molecule has 9 heteroatoms. The Morgan fingerprint density at radius 1 is 0.577 bits per heavy atom. The molecule has 0 bridgehead atoms. The van der Waals surface area contributed by atoms with Crippen LogP contribution in [0.1, 0.15) is 54.4 Å². The van der Waals surface area contributed by atoms with E-state index < -0.39 is 17.9 Å². The Morgan fingerprint density at radius 3 is 1.38 bits per heavy atom. The highest BCUT2D eigenvalue weighted by molar-refractivity contribution is 6.66. The zero-order valence-corrected chi connectivity index (χ0v) is 19.4. The fraction of sp³-hybridized carbons (Fsp3) is 0.882. The second-order valence-corrected chi connectivity index (χ2v) is 9.66. The highest BCUT2D eigenvalue weighted by Crippen LogP contribution is 2.15. The average Bonchev–Trinajstić information content (AvgIpc) is 2.59. The molecule has 0 fully saturated rings. The van der Waals surface area contributed by atoms with Gasteiger partial charge in [0.2, 0.25) is 0 Å². The van der Waals surface area contributed by atoms with Crippen molar-refractivity contribution in [2.24, 2.45) is 0 Å². The van der Waals surface area contributed by atoms with E-state index in [4.69, 9.17) is 31.0 Å². The van der Waals surface area contributed by atoms with E-state index in [0.717, 1.165) is 12.8 Å². The Kier molecular flexibility index (Phi) is 15.8. The zero-order valence-electron chi connectivity index (χ0n) is 17.4. The largest absolute Gasteiger partial charge is 0.679 e. The van der Waals surface area contributed by atoms with Gasteiger partial charge in [0, 0.05) is 46.2 Å². The summed E-state index contributed by atoms with van der Waals surface area (Å²) in [5.74, 6) is 0. The van der Waals surface area contributed by atoms with E-state index in [1.165, 1.54) is 0 Å². The molecule has 0 aromatic heterocycles. The molecule has 0 radical (unpaired) electrons. The van der Waals surface area contributed by atoms with Gasteiger partial charge < -0.3 is 31.0 Å². The molecular formula is C17H38O7Si2.